The molecule has 23 heavy (non-hydrogen) atoms. The van der Waals surface area contributed by atoms with Gasteiger partial charge < -0.3 is 10.0 Å². The van der Waals surface area contributed by atoms with Gasteiger partial charge in [0.05, 0.1) is 0 Å². The number of tetrazole rings is 1. The minimum Gasteiger partial charge on any atom is -0.508 e. The summed E-state index contributed by atoms with van der Waals surface area (Å²) in [7, 11) is 0. The number of aromatic nitrogens is 4. The third-order valence-electron chi connectivity index (χ3n) is 4.68. The fraction of sp³-hybridized carbons (Fsp3) is 0.588. The summed E-state index contributed by atoms with van der Waals surface area (Å²) in [4.78, 5) is 2.63. The van der Waals surface area contributed by atoms with Gasteiger partial charge in [0.1, 0.15) is 12.1 Å². The molecule has 0 radical (unpaired) electrons. The van der Waals surface area contributed by atoms with E-state index in [2.05, 4.69) is 20.4 Å². The Bertz CT molecular complexity index is 569. The number of aromatic hydroxyl groups is 1. The molecule has 0 bridgehead atoms. The molecule has 6 nitrogen and oxygen atoms in total. The number of phenolic OH excluding ortho intramolecular Hbond substituents is 1. The second-order valence-corrected chi connectivity index (χ2v) is 6.32. The van der Waals surface area contributed by atoms with Crippen molar-refractivity contribution < 1.29 is 5.11 Å². The number of hydrogen-bond acceptors (Lipinski definition) is 5. The largest absolute Gasteiger partial charge is 0.508 e. The summed E-state index contributed by atoms with van der Waals surface area (Å²) in [6.07, 6.45) is 8.97. The molecule has 0 unspecified atom stereocenters. The molecule has 1 fully saturated rings. The van der Waals surface area contributed by atoms with Crippen LogP contribution in [0.4, 0.5) is 0 Å². The van der Waals surface area contributed by atoms with Gasteiger partial charge >= 0.3 is 0 Å². The van der Waals surface area contributed by atoms with E-state index in [1.165, 1.54) is 37.8 Å². The van der Waals surface area contributed by atoms with Crippen LogP contribution in [0.25, 0.3) is 0 Å². The molecule has 1 saturated heterocycles. The van der Waals surface area contributed by atoms with Crippen molar-refractivity contribution in [1.29, 1.82) is 0 Å². The lowest BCUT2D eigenvalue weighted by Crippen LogP contribution is -2.40. The smallest absolute Gasteiger partial charge is 0.138 e. The summed E-state index contributed by atoms with van der Waals surface area (Å²) >= 11 is 0. The number of rotatable bonds is 7. The number of piperidine rings is 1. The molecule has 2 heterocycles. The predicted octanol–water partition coefficient (Wildman–Crippen LogP) is 2.26. The monoisotopic (exact) mass is 315 g/mol. The molecular weight excluding hydrogens is 290 g/mol. The van der Waals surface area contributed by atoms with E-state index in [-0.39, 0.29) is 0 Å². The molecule has 124 valence electrons. The molecule has 6 heteroatoms. The average molecular weight is 315 g/mol. The third-order valence-corrected chi connectivity index (χ3v) is 4.68. The van der Waals surface area contributed by atoms with Crippen molar-refractivity contribution in [3.8, 4) is 5.75 Å². The molecule has 1 aliphatic heterocycles. The van der Waals surface area contributed by atoms with Gasteiger partial charge in [0.2, 0.25) is 0 Å². The zero-order chi connectivity index (χ0) is 15.9. The molecule has 2 aromatic rings. The van der Waals surface area contributed by atoms with Gasteiger partial charge in [-0.15, -0.1) is 5.10 Å². The Morgan fingerprint density at radius 1 is 1.13 bits per heavy atom. The third kappa shape index (κ3) is 4.76. The average Bonchev–Trinajstić information content (AvgIpc) is 3.09. The van der Waals surface area contributed by atoms with Gasteiger partial charge in [-0.25, -0.2) is 4.68 Å². The fourth-order valence-corrected chi connectivity index (χ4v) is 3.40. The number of nitrogens with zero attached hydrogens (tertiary/aromatic N) is 5. The number of aryl methyl sites for hydroxylation is 2. The number of likely N-dealkylation sites (tertiary alicyclic amines) is 1. The van der Waals surface area contributed by atoms with Gasteiger partial charge in [0.25, 0.3) is 0 Å². The summed E-state index contributed by atoms with van der Waals surface area (Å²) in [6, 6.07) is 8.28. The van der Waals surface area contributed by atoms with Crippen LogP contribution < -0.4 is 0 Å². The van der Waals surface area contributed by atoms with Crippen molar-refractivity contribution in [2.24, 2.45) is 0 Å². The van der Waals surface area contributed by atoms with Crippen LogP contribution in [0, 0.1) is 0 Å². The zero-order valence-electron chi connectivity index (χ0n) is 13.5. The highest BCUT2D eigenvalue weighted by molar-refractivity contribution is 5.25. The van der Waals surface area contributed by atoms with Crippen molar-refractivity contribution in [3.63, 3.8) is 0 Å². The maximum Gasteiger partial charge on any atom is 0.138 e. The Hall–Kier alpha value is -1.95. The van der Waals surface area contributed by atoms with Gasteiger partial charge in [-0.1, -0.05) is 18.6 Å². The van der Waals surface area contributed by atoms with Crippen LogP contribution in [-0.2, 0) is 13.0 Å². The van der Waals surface area contributed by atoms with Gasteiger partial charge in [0, 0.05) is 19.1 Å². The first-order valence-electron chi connectivity index (χ1n) is 8.54. The Morgan fingerprint density at radius 3 is 2.78 bits per heavy atom. The van der Waals surface area contributed by atoms with Crippen molar-refractivity contribution in [2.45, 2.75) is 51.1 Å². The zero-order valence-corrected chi connectivity index (χ0v) is 13.5. The van der Waals surface area contributed by atoms with E-state index < -0.39 is 0 Å². The second kappa shape index (κ2) is 8.06. The van der Waals surface area contributed by atoms with E-state index in [1.54, 1.807) is 23.1 Å². The summed E-state index contributed by atoms with van der Waals surface area (Å²) in [5, 5.41) is 20.6. The maximum atomic E-state index is 9.37. The lowest BCUT2D eigenvalue weighted by Gasteiger charge is -2.36. The van der Waals surface area contributed by atoms with Gasteiger partial charge in [-0.05, 0) is 66.8 Å². The molecule has 0 aliphatic carbocycles. The first-order chi connectivity index (χ1) is 11.3. The van der Waals surface area contributed by atoms with Gasteiger partial charge in [0.15, 0.2) is 0 Å². The second-order valence-electron chi connectivity index (χ2n) is 6.32. The molecule has 0 amide bonds. The van der Waals surface area contributed by atoms with Crippen LogP contribution in [-0.4, -0.2) is 49.3 Å². The lowest BCUT2D eigenvalue weighted by molar-refractivity contribution is 0.136. The Labute approximate surface area is 137 Å². The number of phenols is 1. The number of benzene rings is 1. The first-order valence-corrected chi connectivity index (χ1v) is 8.54. The Kier molecular flexibility index (Phi) is 5.58. The van der Waals surface area contributed by atoms with Crippen molar-refractivity contribution >= 4 is 0 Å². The van der Waals surface area contributed by atoms with Crippen molar-refractivity contribution in [2.75, 3.05) is 13.1 Å². The summed E-state index contributed by atoms with van der Waals surface area (Å²) in [6.45, 7) is 3.20. The molecule has 1 atom stereocenters. The molecule has 3 rings (SSSR count). The molecule has 1 aromatic heterocycles. The predicted molar refractivity (Wildman–Crippen MR) is 88.1 cm³/mol. The van der Waals surface area contributed by atoms with E-state index in [4.69, 9.17) is 0 Å². The molecule has 1 aromatic carbocycles. The van der Waals surface area contributed by atoms with E-state index in [9.17, 15) is 5.11 Å². The van der Waals surface area contributed by atoms with Crippen LogP contribution in [0.5, 0.6) is 5.75 Å². The number of hydrogen-bond donors (Lipinski definition) is 1. The minimum absolute atomic E-state index is 0.343. The summed E-state index contributed by atoms with van der Waals surface area (Å²) < 4.78 is 1.80. The van der Waals surface area contributed by atoms with Crippen molar-refractivity contribution in [1.82, 2.24) is 25.1 Å². The summed E-state index contributed by atoms with van der Waals surface area (Å²) in [5.74, 6) is 0.343. The Balaban J connectivity index is 1.46. The standard InChI is InChI=1S/C17H25N5O/c23-17-9-6-15(7-10-17)5-8-16-4-1-2-11-21(16)12-3-13-22-14-18-19-20-22/h6-7,9-10,14,16,23H,1-5,8,11-13H2/t16-/m1/s1. The van der Waals surface area contributed by atoms with Crippen LogP contribution in [0.2, 0.25) is 0 Å². The van der Waals surface area contributed by atoms with Crippen LogP contribution in [0.1, 0.15) is 37.7 Å². The highest BCUT2D eigenvalue weighted by atomic mass is 16.3. The van der Waals surface area contributed by atoms with E-state index >= 15 is 0 Å². The van der Waals surface area contributed by atoms with Crippen LogP contribution >= 0.6 is 0 Å². The van der Waals surface area contributed by atoms with Crippen molar-refractivity contribution in [3.05, 3.63) is 36.2 Å². The fourth-order valence-electron chi connectivity index (χ4n) is 3.40. The minimum atomic E-state index is 0.343. The SMILES string of the molecule is Oc1ccc(CC[C@H]2CCCCN2CCCn2cnnn2)cc1. The van der Waals surface area contributed by atoms with E-state index in [1.807, 2.05) is 12.1 Å². The molecular formula is C17H25N5O. The van der Waals surface area contributed by atoms with Gasteiger partial charge in [-0.3, -0.25) is 0 Å². The highest BCUT2D eigenvalue weighted by Gasteiger charge is 2.21. The van der Waals surface area contributed by atoms with Crippen LogP contribution in [0.15, 0.2) is 30.6 Å². The molecule has 1 N–H and O–H groups in total. The first kappa shape index (κ1) is 15.9. The maximum absolute atomic E-state index is 9.37. The summed E-state index contributed by atoms with van der Waals surface area (Å²) in [5.41, 5.74) is 1.31. The topological polar surface area (TPSA) is 67.1 Å². The Morgan fingerprint density at radius 2 is 2.00 bits per heavy atom. The molecule has 1 aliphatic rings. The lowest BCUT2D eigenvalue weighted by atomic mass is 9.95. The van der Waals surface area contributed by atoms with Gasteiger partial charge in [-0.2, -0.15) is 0 Å². The quantitative estimate of drug-likeness (QED) is 0.849. The van der Waals surface area contributed by atoms with Crippen LogP contribution in [0.3, 0.4) is 0 Å². The molecule has 0 spiro atoms. The highest BCUT2D eigenvalue weighted by Crippen LogP contribution is 2.22. The normalized spacial score (nSPS) is 19.0. The molecule has 0 saturated carbocycles. The van der Waals surface area contributed by atoms with E-state index in [0.29, 0.717) is 11.8 Å². The van der Waals surface area contributed by atoms with E-state index in [0.717, 1.165) is 25.9 Å².